The average Bonchev–Trinajstić information content (AvgIpc) is 3.18. The highest BCUT2D eigenvalue weighted by Gasteiger charge is 2.25. The van der Waals surface area contributed by atoms with Gasteiger partial charge in [-0.25, -0.2) is 4.68 Å². The third-order valence-corrected chi connectivity index (χ3v) is 4.66. The van der Waals surface area contributed by atoms with Crippen LogP contribution in [0.4, 0.5) is 5.82 Å². The Kier molecular flexibility index (Phi) is 3.69. The fourth-order valence-electron chi connectivity index (χ4n) is 3.23. The number of aryl methyl sites for hydroxylation is 1. The van der Waals surface area contributed by atoms with E-state index in [-0.39, 0.29) is 0 Å². The van der Waals surface area contributed by atoms with Crippen molar-refractivity contribution in [3.05, 3.63) is 58.6 Å². The number of halogens is 1. The molecule has 0 spiro atoms. The highest BCUT2D eigenvalue weighted by atomic mass is 35.5. The summed E-state index contributed by atoms with van der Waals surface area (Å²) in [4.78, 5) is 0. The predicted octanol–water partition coefficient (Wildman–Crippen LogP) is 4.48. The largest absolute Gasteiger partial charge is 0.494 e. The molecule has 1 aliphatic heterocycles. The molecule has 1 aliphatic rings. The summed E-state index contributed by atoms with van der Waals surface area (Å²) < 4.78 is 7.42. The van der Waals surface area contributed by atoms with Gasteiger partial charge in [-0.1, -0.05) is 35.9 Å². The maximum Gasteiger partial charge on any atom is 0.144 e. The molecule has 0 atom stereocenters. The van der Waals surface area contributed by atoms with Crippen LogP contribution in [-0.4, -0.2) is 23.4 Å². The maximum atomic E-state index is 6.21. The quantitative estimate of drug-likeness (QED) is 0.764. The number of aromatic nitrogens is 2. The van der Waals surface area contributed by atoms with Crippen molar-refractivity contribution in [2.75, 3.05) is 19.0 Å². The number of methoxy groups -OCH3 is 1. The van der Waals surface area contributed by atoms with Crippen LogP contribution >= 0.6 is 11.6 Å². The smallest absolute Gasteiger partial charge is 0.144 e. The molecule has 1 aromatic heterocycles. The lowest BCUT2D eigenvalue weighted by Gasteiger charge is -2.11. The second kappa shape index (κ2) is 5.87. The molecule has 4 nitrogen and oxygen atoms in total. The molecule has 0 amide bonds. The monoisotopic (exact) mass is 339 g/mol. The van der Waals surface area contributed by atoms with Crippen molar-refractivity contribution in [3.63, 3.8) is 0 Å². The summed E-state index contributed by atoms with van der Waals surface area (Å²) in [7, 11) is 1.66. The number of hydrogen-bond acceptors (Lipinski definition) is 3. The van der Waals surface area contributed by atoms with Gasteiger partial charge >= 0.3 is 0 Å². The third kappa shape index (κ3) is 2.34. The molecule has 4 rings (SSSR count). The van der Waals surface area contributed by atoms with E-state index in [4.69, 9.17) is 21.4 Å². The summed E-state index contributed by atoms with van der Waals surface area (Å²) in [6, 6.07) is 13.9. The van der Waals surface area contributed by atoms with E-state index in [1.165, 1.54) is 11.1 Å². The minimum absolute atomic E-state index is 0.658. The van der Waals surface area contributed by atoms with Crippen LogP contribution in [-0.2, 0) is 6.42 Å². The number of hydrogen-bond donors (Lipinski definition) is 1. The van der Waals surface area contributed by atoms with E-state index in [9.17, 15) is 0 Å². The molecule has 1 N–H and O–H groups in total. The number of ether oxygens (including phenoxy) is 1. The fourth-order valence-corrected chi connectivity index (χ4v) is 3.40. The maximum absolute atomic E-state index is 6.21. The highest BCUT2D eigenvalue weighted by Crippen LogP contribution is 2.38. The highest BCUT2D eigenvalue weighted by molar-refractivity contribution is 6.30. The van der Waals surface area contributed by atoms with Crippen molar-refractivity contribution in [3.8, 4) is 22.7 Å². The van der Waals surface area contributed by atoms with Crippen molar-refractivity contribution >= 4 is 17.4 Å². The predicted molar refractivity (Wildman–Crippen MR) is 97.5 cm³/mol. The lowest BCUT2D eigenvalue weighted by Crippen LogP contribution is -2.06. The Morgan fingerprint density at radius 1 is 1.21 bits per heavy atom. The molecule has 0 radical (unpaired) electrons. The lowest BCUT2D eigenvalue weighted by molar-refractivity contribution is 0.412. The Balaban J connectivity index is 1.95. The fraction of sp³-hybridized carbons (Fsp3) is 0.211. The zero-order valence-electron chi connectivity index (χ0n) is 13.6. The van der Waals surface area contributed by atoms with E-state index in [0.717, 1.165) is 41.5 Å². The summed E-state index contributed by atoms with van der Waals surface area (Å²) in [5.41, 5.74) is 5.49. The molecule has 0 saturated heterocycles. The zero-order valence-corrected chi connectivity index (χ0v) is 14.4. The Bertz CT molecular complexity index is 917. The number of rotatable bonds is 3. The molecule has 0 fully saturated rings. The first-order valence-corrected chi connectivity index (χ1v) is 8.32. The molecular weight excluding hydrogens is 322 g/mol. The van der Waals surface area contributed by atoms with E-state index in [1.807, 2.05) is 28.9 Å². The zero-order chi connectivity index (χ0) is 16.7. The van der Waals surface area contributed by atoms with Crippen molar-refractivity contribution in [1.29, 1.82) is 0 Å². The summed E-state index contributed by atoms with van der Waals surface area (Å²) in [6.45, 7) is 3.03. The van der Waals surface area contributed by atoms with Gasteiger partial charge in [0.1, 0.15) is 17.3 Å². The molecular formula is C19H18ClN3O. The first kappa shape index (κ1) is 15.1. The molecule has 3 aromatic rings. The SMILES string of the molecule is COc1ccc(Cl)cc1-n1nc(-c2ccccc2C)c2c1NCC2. The van der Waals surface area contributed by atoms with Crippen LogP contribution < -0.4 is 10.1 Å². The van der Waals surface area contributed by atoms with Gasteiger partial charge in [-0.05, 0) is 37.1 Å². The summed E-state index contributed by atoms with van der Waals surface area (Å²) >= 11 is 6.21. The van der Waals surface area contributed by atoms with Crippen molar-refractivity contribution in [2.45, 2.75) is 13.3 Å². The molecule has 122 valence electrons. The summed E-state index contributed by atoms with van der Waals surface area (Å²) in [5, 5.41) is 9.01. The van der Waals surface area contributed by atoms with Crippen LogP contribution in [0.3, 0.4) is 0 Å². The van der Waals surface area contributed by atoms with Crippen molar-refractivity contribution in [2.24, 2.45) is 0 Å². The number of nitrogens with one attached hydrogen (secondary N) is 1. The van der Waals surface area contributed by atoms with E-state index in [0.29, 0.717) is 5.02 Å². The van der Waals surface area contributed by atoms with Gasteiger partial charge < -0.3 is 10.1 Å². The first-order valence-electron chi connectivity index (χ1n) is 7.94. The van der Waals surface area contributed by atoms with Crippen molar-refractivity contribution in [1.82, 2.24) is 9.78 Å². The van der Waals surface area contributed by atoms with Gasteiger partial charge in [0, 0.05) is 22.7 Å². The van der Waals surface area contributed by atoms with Gasteiger partial charge in [0.25, 0.3) is 0 Å². The van der Waals surface area contributed by atoms with Crippen molar-refractivity contribution < 1.29 is 4.74 Å². The second-order valence-corrected chi connectivity index (χ2v) is 6.33. The van der Waals surface area contributed by atoms with Crippen LogP contribution in [0.2, 0.25) is 5.02 Å². The number of fused-ring (bicyclic) bond motifs is 1. The summed E-state index contributed by atoms with van der Waals surface area (Å²) in [6.07, 6.45) is 0.960. The standard InChI is InChI=1S/C19H18ClN3O/c1-12-5-3-4-6-14(12)18-15-9-10-21-19(15)23(22-18)16-11-13(20)7-8-17(16)24-2/h3-8,11,21H,9-10H2,1-2H3. The molecule has 0 bridgehead atoms. The number of nitrogens with zero attached hydrogens (tertiary/aromatic N) is 2. The first-order chi connectivity index (χ1) is 11.7. The van der Waals surface area contributed by atoms with Crippen LogP contribution in [0.25, 0.3) is 16.9 Å². The number of benzene rings is 2. The molecule has 2 heterocycles. The minimum atomic E-state index is 0.658. The second-order valence-electron chi connectivity index (χ2n) is 5.90. The Labute approximate surface area is 146 Å². The van der Waals surface area contributed by atoms with Gasteiger partial charge in [-0.15, -0.1) is 0 Å². The van der Waals surface area contributed by atoms with Crippen LogP contribution in [0.5, 0.6) is 5.75 Å². The van der Waals surface area contributed by atoms with Gasteiger partial charge in [0.15, 0.2) is 0 Å². The Hall–Kier alpha value is -2.46. The topological polar surface area (TPSA) is 39.1 Å². The van der Waals surface area contributed by atoms with Gasteiger partial charge in [-0.2, -0.15) is 5.10 Å². The third-order valence-electron chi connectivity index (χ3n) is 4.42. The molecule has 0 unspecified atom stereocenters. The minimum Gasteiger partial charge on any atom is -0.494 e. The van der Waals surface area contributed by atoms with E-state index in [2.05, 4.69) is 30.4 Å². The van der Waals surface area contributed by atoms with Crippen LogP contribution in [0, 0.1) is 6.92 Å². The van der Waals surface area contributed by atoms with Crippen LogP contribution in [0.15, 0.2) is 42.5 Å². The molecule has 0 aliphatic carbocycles. The van der Waals surface area contributed by atoms with Gasteiger partial charge in [0.2, 0.25) is 0 Å². The van der Waals surface area contributed by atoms with E-state index >= 15 is 0 Å². The normalized spacial score (nSPS) is 12.8. The average molecular weight is 340 g/mol. The summed E-state index contributed by atoms with van der Waals surface area (Å²) in [5.74, 6) is 1.77. The Morgan fingerprint density at radius 3 is 2.83 bits per heavy atom. The Morgan fingerprint density at radius 2 is 2.04 bits per heavy atom. The van der Waals surface area contributed by atoms with Crippen LogP contribution in [0.1, 0.15) is 11.1 Å². The van der Waals surface area contributed by atoms with Gasteiger partial charge in [-0.3, -0.25) is 0 Å². The van der Waals surface area contributed by atoms with Gasteiger partial charge in [0.05, 0.1) is 12.8 Å². The number of anilines is 1. The lowest BCUT2D eigenvalue weighted by atomic mass is 10.0. The molecule has 5 heteroatoms. The molecule has 0 saturated carbocycles. The molecule has 2 aromatic carbocycles. The van der Waals surface area contributed by atoms with E-state index < -0.39 is 0 Å². The van der Waals surface area contributed by atoms with E-state index in [1.54, 1.807) is 7.11 Å². The molecule has 24 heavy (non-hydrogen) atoms.